The first-order chi connectivity index (χ1) is 10.3. The molecule has 0 bridgehead atoms. The van der Waals surface area contributed by atoms with Crippen LogP contribution in [-0.2, 0) is 0 Å². The molecule has 0 saturated carbocycles. The number of amides is 1. The number of aryl methyl sites for hydroxylation is 1. The van der Waals surface area contributed by atoms with E-state index in [1.807, 2.05) is 17.9 Å². The molecule has 1 saturated heterocycles. The molecule has 1 unspecified atom stereocenters. The lowest BCUT2D eigenvalue weighted by molar-refractivity contribution is 0.0667. The maximum atomic E-state index is 12.7. The van der Waals surface area contributed by atoms with Gasteiger partial charge < -0.3 is 9.42 Å². The van der Waals surface area contributed by atoms with Gasteiger partial charge in [-0.05, 0) is 19.8 Å². The molecule has 0 aliphatic carbocycles. The first kappa shape index (κ1) is 13.7. The van der Waals surface area contributed by atoms with Crippen LogP contribution >= 0.6 is 0 Å². The van der Waals surface area contributed by atoms with Gasteiger partial charge in [0.2, 0.25) is 0 Å². The van der Waals surface area contributed by atoms with Gasteiger partial charge in [-0.2, -0.15) is 0 Å². The predicted octanol–water partition coefficient (Wildman–Crippen LogP) is 2.53. The molecule has 2 aromatic rings. The highest BCUT2D eigenvalue weighted by Crippen LogP contribution is 2.30. The summed E-state index contributed by atoms with van der Waals surface area (Å²) in [4.78, 5) is 22.7. The van der Waals surface area contributed by atoms with E-state index in [9.17, 15) is 4.79 Å². The van der Waals surface area contributed by atoms with E-state index < -0.39 is 0 Å². The van der Waals surface area contributed by atoms with Crippen molar-refractivity contribution in [3.8, 4) is 0 Å². The average molecular weight is 286 g/mol. The van der Waals surface area contributed by atoms with Crippen molar-refractivity contribution in [1.29, 1.82) is 0 Å². The van der Waals surface area contributed by atoms with Gasteiger partial charge in [0.1, 0.15) is 17.1 Å². The standard InChI is InChI=1S/C15H18N4O2/c1-11-9-12(18-21-11)14-5-3-2-4-8-19(14)15(20)13-10-16-6-7-17-13/h6-7,9-10,14H,2-5,8H2,1H3. The largest absolute Gasteiger partial charge is 0.361 e. The van der Waals surface area contributed by atoms with Gasteiger partial charge >= 0.3 is 0 Å². The van der Waals surface area contributed by atoms with E-state index in [0.717, 1.165) is 37.1 Å². The van der Waals surface area contributed by atoms with E-state index in [1.54, 1.807) is 12.4 Å². The molecule has 3 rings (SSSR count). The summed E-state index contributed by atoms with van der Waals surface area (Å²) in [6.45, 7) is 2.58. The number of rotatable bonds is 2. The number of hydrogen-bond donors (Lipinski definition) is 0. The van der Waals surface area contributed by atoms with Crippen molar-refractivity contribution < 1.29 is 9.32 Å². The minimum Gasteiger partial charge on any atom is -0.361 e. The Morgan fingerprint density at radius 2 is 2.24 bits per heavy atom. The van der Waals surface area contributed by atoms with Gasteiger partial charge in [-0.1, -0.05) is 18.0 Å². The highest BCUT2D eigenvalue weighted by molar-refractivity contribution is 5.92. The zero-order chi connectivity index (χ0) is 14.7. The van der Waals surface area contributed by atoms with E-state index in [-0.39, 0.29) is 11.9 Å². The van der Waals surface area contributed by atoms with Gasteiger partial charge in [0.25, 0.3) is 5.91 Å². The minimum absolute atomic E-state index is 0.0422. The molecule has 0 N–H and O–H groups in total. The Bertz CT molecular complexity index is 611. The van der Waals surface area contributed by atoms with E-state index in [2.05, 4.69) is 15.1 Å². The molecule has 0 spiro atoms. The number of carbonyl (C=O) groups excluding carboxylic acids is 1. The summed E-state index contributed by atoms with van der Waals surface area (Å²) in [6, 6.07) is 1.87. The third-order valence-electron chi connectivity index (χ3n) is 3.78. The smallest absolute Gasteiger partial charge is 0.274 e. The van der Waals surface area contributed by atoms with E-state index in [0.29, 0.717) is 12.2 Å². The van der Waals surface area contributed by atoms with Crippen LogP contribution < -0.4 is 0 Å². The second-order valence-corrected chi connectivity index (χ2v) is 5.32. The Morgan fingerprint density at radius 3 is 2.95 bits per heavy atom. The number of hydrogen-bond acceptors (Lipinski definition) is 5. The molecule has 110 valence electrons. The maximum absolute atomic E-state index is 12.7. The molecular formula is C15H18N4O2. The van der Waals surface area contributed by atoms with Crippen molar-refractivity contribution >= 4 is 5.91 Å². The van der Waals surface area contributed by atoms with Gasteiger partial charge in [-0.15, -0.1) is 0 Å². The van der Waals surface area contributed by atoms with E-state index in [1.165, 1.54) is 6.20 Å². The van der Waals surface area contributed by atoms with Crippen LogP contribution in [0, 0.1) is 6.92 Å². The number of likely N-dealkylation sites (tertiary alicyclic amines) is 1. The molecule has 0 aromatic carbocycles. The zero-order valence-electron chi connectivity index (χ0n) is 12.0. The van der Waals surface area contributed by atoms with Crippen LogP contribution in [0.25, 0.3) is 0 Å². The summed E-state index contributed by atoms with van der Waals surface area (Å²) in [6.07, 6.45) is 8.73. The van der Waals surface area contributed by atoms with Crippen molar-refractivity contribution in [2.75, 3.05) is 6.54 Å². The first-order valence-corrected chi connectivity index (χ1v) is 7.26. The monoisotopic (exact) mass is 286 g/mol. The van der Waals surface area contributed by atoms with Crippen LogP contribution in [0.1, 0.15) is 53.7 Å². The predicted molar refractivity (Wildman–Crippen MR) is 75.5 cm³/mol. The number of carbonyl (C=O) groups is 1. The Morgan fingerprint density at radius 1 is 1.33 bits per heavy atom. The molecule has 1 aliphatic rings. The summed E-state index contributed by atoms with van der Waals surface area (Å²) < 4.78 is 5.18. The van der Waals surface area contributed by atoms with Crippen LogP contribution in [0.5, 0.6) is 0 Å². The lowest BCUT2D eigenvalue weighted by atomic mass is 10.1. The Kier molecular flexibility index (Phi) is 3.94. The molecule has 21 heavy (non-hydrogen) atoms. The first-order valence-electron chi connectivity index (χ1n) is 7.26. The van der Waals surface area contributed by atoms with Gasteiger partial charge in [0, 0.05) is 25.0 Å². The molecule has 3 heterocycles. The number of nitrogens with zero attached hydrogens (tertiary/aromatic N) is 4. The molecular weight excluding hydrogens is 268 g/mol. The summed E-state index contributed by atoms with van der Waals surface area (Å²) in [5.41, 5.74) is 1.20. The lowest BCUT2D eigenvalue weighted by Gasteiger charge is -2.28. The molecule has 1 amide bonds. The fraction of sp³-hybridized carbons (Fsp3) is 0.467. The van der Waals surface area contributed by atoms with Gasteiger partial charge in [0.15, 0.2) is 0 Å². The molecule has 1 fully saturated rings. The Labute approximate surface area is 123 Å². The second-order valence-electron chi connectivity index (χ2n) is 5.32. The van der Waals surface area contributed by atoms with Crippen molar-refractivity contribution in [1.82, 2.24) is 20.0 Å². The Balaban J connectivity index is 1.90. The molecule has 2 aromatic heterocycles. The fourth-order valence-corrected chi connectivity index (χ4v) is 2.76. The number of aromatic nitrogens is 3. The van der Waals surface area contributed by atoms with Crippen LogP contribution in [0.3, 0.4) is 0 Å². The van der Waals surface area contributed by atoms with Gasteiger partial charge in [0.05, 0.1) is 12.2 Å². The van der Waals surface area contributed by atoms with Crippen molar-refractivity contribution in [2.45, 2.75) is 38.6 Å². The quantitative estimate of drug-likeness (QED) is 0.848. The third-order valence-corrected chi connectivity index (χ3v) is 3.78. The molecule has 1 atom stereocenters. The van der Waals surface area contributed by atoms with Crippen LogP contribution in [0.4, 0.5) is 0 Å². The molecule has 1 aliphatic heterocycles. The van der Waals surface area contributed by atoms with Gasteiger partial charge in [-0.25, -0.2) is 4.98 Å². The minimum atomic E-state index is -0.0874. The normalized spacial score (nSPS) is 19.3. The SMILES string of the molecule is Cc1cc(C2CCCCCN2C(=O)c2cnccn2)no1. The summed E-state index contributed by atoms with van der Waals surface area (Å²) >= 11 is 0. The van der Waals surface area contributed by atoms with Crippen LogP contribution in [-0.4, -0.2) is 32.5 Å². The summed E-state index contributed by atoms with van der Waals surface area (Å²) in [7, 11) is 0. The van der Waals surface area contributed by atoms with E-state index >= 15 is 0 Å². The lowest BCUT2D eigenvalue weighted by Crippen LogP contribution is -2.35. The highest BCUT2D eigenvalue weighted by atomic mass is 16.5. The highest BCUT2D eigenvalue weighted by Gasteiger charge is 2.30. The second kappa shape index (κ2) is 6.03. The molecule has 0 radical (unpaired) electrons. The fourth-order valence-electron chi connectivity index (χ4n) is 2.76. The van der Waals surface area contributed by atoms with Crippen LogP contribution in [0.15, 0.2) is 29.2 Å². The van der Waals surface area contributed by atoms with Crippen molar-refractivity contribution in [3.63, 3.8) is 0 Å². The Hall–Kier alpha value is -2.24. The van der Waals surface area contributed by atoms with E-state index in [4.69, 9.17) is 4.52 Å². The summed E-state index contributed by atoms with van der Waals surface area (Å²) in [5, 5.41) is 4.10. The van der Waals surface area contributed by atoms with Crippen LogP contribution in [0.2, 0.25) is 0 Å². The maximum Gasteiger partial charge on any atom is 0.274 e. The molecule has 6 heteroatoms. The van der Waals surface area contributed by atoms with Crippen molar-refractivity contribution in [2.24, 2.45) is 0 Å². The van der Waals surface area contributed by atoms with Crippen molar-refractivity contribution in [3.05, 3.63) is 41.8 Å². The topological polar surface area (TPSA) is 72.1 Å². The average Bonchev–Trinajstić information content (AvgIpc) is 2.80. The zero-order valence-corrected chi connectivity index (χ0v) is 12.0. The third kappa shape index (κ3) is 2.94. The molecule has 6 nitrogen and oxygen atoms in total. The van der Waals surface area contributed by atoms with Gasteiger partial charge in [-0.3, -0.25) is 9.78 Å². The summed E-state index contributed by atoms with van der Waals surface area (Å²) in [5.74, 6) is 0.678.